The highest BCUT2D eigenvalue weighted by molar-refractivity contribution is 9.10. The second-order valence-electron chi connectivity index (χ2n) is 7.55. The Hall–Kier alpha value is -2.86. The molecule has 0 spiro atoms. The fourth-order valence-electron chi connectivity index (χ4n) is 3.56. The molecule has 0 radical (unpaired) electrons. The summed E-state index contributed by atoms with van der Waals surface area (Å²) in [6.45, 7) is 0.288. The number of thioether (sulfide) groups is 1. The van der Waals surface area contributed by atoms with Gasteiger partial charge in [0.05, 0.1) is 5.25 Å². The number of carbonyl (C=O) groups excluding carboxylic acids is 2. The standard InChI is InChI=1S/C26H19Br2N3O2S/c27-19-9-11-21(12-10-19)31-25(33)23(14-18-7-4-8-20(28)13-18)34-26(31)22(15-29)24(32)30-16-17-5-2-1-3-6-17/h1-13,23H,14,16H2,(H,30,32)/b26-22-/t23-/m1/s1. The lowest BCUT2D eigenvalue weighted by atomic mass is 10.1. The van der Waals surface area contributed by atoms with E-state index in [1.54, 1.807) is 12.1 Å². The zero-order chi connectivity index (χ0) is 24.1. The summed E-state index contributed by atoms with van der Waals surface area (Å²) in [6.07, 6.45) is 0.476. The van der Waals surface area contributed by atoms with E-state index in [0.29, 0.717) is 17.1 Å². The number of nitrogens with one attached hydrogen (secondary N) is 1. The number of rotatable bonds is 6. The molecular weight excluding hydrogens is 578 g/mol. The SMILES string of the molecule is N#C/C(C(=O)NCc1ccccc1)=C1/S[C@H](Cc2cccc(Br)c2)C(=O)N1c1ccc(Br)cc1. The number of hydrogen-bond acceptors (Lipinski definition) is 4. The Balaban J connectivity index is 1.67. The van der Waals surface area contributed by atoms with Gasteiger partial charge < -0.3 is 5.32 Å². The number of nitriles is 1. The number of amides is 2. The van der Waals surface area contributed by atoms with Crippen LogP contribution in [-0.2, 0) is 22.6 Å². The molecule has 1 N–H and O–H groups in total. The molecular formula is C26H19Br2N3O2S. The Labute approximate surface area is 219 Å². The smallest absolute Gasteiger partial charge is 0.264 e. The number of carbonyl (C=O) groups is 2. The largest absolute Gasteiger partial charge is 0.347 e. The van der Waals surface area contributed by atoms with Crippen LogP contribution in [-0.4, -0.2) is 17.1 Å². The summed E-state index contributed by atoms with van der Waals surface area (Å²) in [4.78, 5) is 28.0. The quantitative estimate of drug-likeness (QED) is 0.282. The summed E-state index contributed by atoms with van der Waals surface area (Å²) in [5.41, 5.74) is 2.44. The van der Waals surface area contributed by atoms with E-state index in [9.17, 15) is 14.9 Å². The zero-order valence-electron chi connectivity index (χ0n) is 17.9. The lowest BCUT2D eigenvalue weighted by Crippen LogP contribution is -2.32. The zero-order valence-corrected chi connectivity index (χ0v) is 21.9. The third kappa shape index (κ3) is 5.61. The van der Waals surface area contributed by atoms with Crippen molar-refractivity contribution in [2.24, 2.45) is 0 Å². The molecule has 1 aliphatic heterocycles. The highest BCUT2D eigenvalue weighted by atomic mass is 79.9. The molecule has 34 heavy (non-hydrogen) atoms. The van der Waals surface area contributed by atoms with E-state index in [-0.39, 0.29) is 18.0 Å². The molecule has 0 aromatic heterocycles. The minimum atomic E-state index is -0.508. The van der Waals surface area contributed by atoms with Crippen molar-refractivity contribution in [2.75, 3.05) is 4.90 Å². The first-order valence-corrected chi connectivity index (χ1v) is 12.9. The monoisotopic (exact) mass is 595 g/mol. The van der Waals surface area contributed by atoms with Gasteiger partial charge in [0.1, 0.15) is 16.7 Å². The number of benzene rings is 3. The molecule has 0 aliphatic carbocycles. The predicted octanol–water partition coefficient (Wildman–Crippen LogP) is 5.95. The van der Waals surface area contributed by atoms with Gasteiger partial charge in [-0.1, -0.05) is 86.1 Å². The van der Waals surface area contributed by atoms with Crippen LogP contribution in [0.2, 0.25) is 0 Å². The maximum atomic E-state index is 13.5. The summed E-state index contributed by atoms with van der Waals surface area (Å²) in [5.74, 6) is -0.669. The normalized spacial score (nSPS) is 16.8. The topological polar surface area (TPSA) is 73.2 Å². The molecule has 5 nitrogen and oxygen atoms in total. The minimum Gasteiger partial charge on any atom is -0.347 e. The number of anilines is 1. The maximum absolute atomic E-state index is 13.5. The van der Waals surface area contributed by atoms with Gasteiger partial charge in [-0.05, 0) is 53.9 Å². The van der Waals surface area contributed by atoms with Crippen LogP contribution < -0.4 is 10.2 Å². The second kappa shape index (κ2) is 11.0. The molecule has 1 aliphatic rings. The molecule has 4 rings (SSSR count). The van der Waals surface area contributed by atoms with E-state index in [1.807, 2.05) is 72.8 Å². The van der Waals surface area contributed by atoms with Gasteiger partial charge in [0.15, 0.2) is 0 Å². The summed E-state index contributed by atoms with van der Waals surface area (Å²) in [5, 5.41) is 12.6. The molecule has 3 aromatic rings. The van der Waals surface area contributed by atoms with Crippen molar-refractivity contribution in [1.82, 2.24) is 5.32 Å². The first-order chi connectivity index (χ1) is 16.5. The van der Waals surface area contributed by atoms with E-state index in [0.717, 1.165) is 20.1 Å². The first-order valence-electron chi connectivity index (χ1n) is 10.4. The molecule has 0 unspecified atom stereocenters. The molecule has 0 bridgehead atoms. The summed E-state index contributed by atoms with van der Waals surface area (Å²) < 4.78 is 1.80. The molecule has 1 heterocycles. The third-order valence-electron chi connectivity index (χ3n) is 5.20. The average Bonchev–Trinajstić information content (AvgIpc) is 3.15. The Bertz CT molecular complexity index is 1290. The molecule has 8 heteroatoms. The van der Waals surface area contributed by atoms with E-state index < -0.39 is 11.2 Å². The Morgan fingerprint density at radius 1 is 0.971 bits per heavy atom. The molecule has 2 amide bonds. The van der Waals surface area contributed by atoms with Gasteiger partial charge in [-0.15, -0.1) is 0 Å². The molecule has 170 valence electrons. The van der Waals surface area contributed by atoms with Crippen LogP contribution in [0.25, 0.3) is 0 Å². The van der Waals surface area contributed by atoms with Crippen LogP contribution in [0, 0.1) is 11.3 Å². The van der Waals surface area contributed by atoms with E-state index in [4.69, 9.17) is 0 Å². The van der Waals surface area contributed by atoms with Crippen LogP contribution in [0.1, 0.15) is 11.1 Å². The van der Waals surface area contributed by atoms with Crippen LogP contribution in [0.3, 0.4) is 0 Å². The highest BCUT2D eigenvalue weighted by Crippen LogP contribution is 2.42. The number of nitrogens with zero attached hydrogens (tertiary/aromatic N) is 2. The van der Waals surface area contributed by atoms with Gasteiger partial charge in [0, 0.05) is 21.2 Å². The van der Waals surface area contributed by atoms with Gasteiger partial charge in [0.2, 0.25) is 5.91 Å². The van der Waals surface area contributed by atoms with Crippen molar-refractivity contribution in [3.05, 3.63) is 110 Å². The summed E-state index contributed by atoms with van der Waals surface area (Å²) in [6, 6.07) is 26.5. The molecule has 1 saturated heterocycles. The first kappa shape index (κ1) is 24.3. The summed E-state index contributed by atoms with van der Waals surface area (Å²) in [7, 11) is 0. The minimum absolute atomic E-state index is 0.0751. The van der Waals surface area contributed by atoms with Crippen molar-refractivity contribution >= 4 is 61.1 Å². The fraction of sp³-hybridized carbons (Fsp3) is 0.115. The van der Waals surface area contributed by atoms with Gasteiger partial charge in [-0.25, -0.2) is 0 Å². The Kier molecular flexibility index (Phi) is 7.88. The van der Waals surface area contributed by atoms with Crippen molar-refractivity contribution in [2.45, 2.75) is 18.2 Å². The predicted molar refractivity (Wildman–Crippen MR) is 142 cm³/mol. The Morgan fingerprint density at radius 3 is 2.35 bits per heavy atom. The molecule has 0 saturated carbocycles. The van der Waals surface area contributed by atoms with E-state index >= 15 is 0 Å². The fourth-order valence-corrected chi connectivity index (χ4v) is 5.58. The van der Waals surface area contributed by atoms with E-state index in [1.165, 1.54) is 16.7 Å². The number of halogens is 2. The van der Waals surface area contributed by atoms with Crippen molar-refractivity contribution in [1.29, 1.82) is 5.26 Å². The van der Waals surface area contributed by atoms with Crippen molar-refractivity contribution in [3.8, 4) is 6.07 Å². The van der Waals surface area contributed by atoms with Crippen molar-refractivity contribution in [3.63, 3.8) is 0 Å². The lowest BCUT2D eigenvalue weighted by molar-refractivity contribution is -0.117. The highest BCUT2D eigenvalue weighted by Gasteiger charge is 2.40. The Morgan fingerprint density at radius 2 is 1.68 bits per heavy atom. The van der Waals surface area contributed by atoms with Gasteiger partial charge in [0.25, 0.3) is 5.91 Å². The maximum Gasteiger partial charge on any atom is 0.264 e. The number of hydrogen-bond donors (Lipinski definition) is 1. The third-order valence-corrected chi connectivity index (χ3v) is 7.48. The van der Waals surface area contributed by atoms with Crippen LogP contribution >= 0.6 is 43.6 Å². The average molecular weight is 597 g/mol. The molecule has 1 fully saturated rings. The molecule has 3 aromatic carbocycles. The van der Waals surface area contributed by atoms with Crippen LogP contribution in [0.4, 0.5) is 5.69 Å². The van der Waals surface area contributed by atoms with Crippen molar-refractivity contribution < 1.29 is 9.59 Å². The van der Waals surface area contributed by atoms with Gasteiger partial charge in [-0.3, -0.25) is 14.5 Å². The second-order valence-corrected chi connectivity index (χ2v) is 10.6. The summed E-state index contributed by atoms with van der Waals surface area (Å²) >= 11 is 8.14. The van der Waals surface area contributed by atoms with Gasteiger partial charge in [-0.2, -0.15) is 5.26 Å². The lowest BCUT2D eigenvalue weighted by Gasteiger charge is -2.19. The van der Waals surface area contributed by atoms with E-state index in [2.05, 4.69) is 37.2 Å². The van der Waals surface area contributed by atoms with Crippen LogP contribution in [0.15, 0.2) is 98.4 Å². The molecule has 1 atom stereocenters. The van der Waals surface area contributed by atoms with Crippen LogP contribution in [0.5, 0.6) is 0 Å². The van der Waals surface area contributed by atoms with Gasteiger partial charge >= 0.3 is 0 Å².